The largest absolute Gasteiger partial charge is 0.371 e. The molecule has 0 aliphatic heterocycles. The fourth-order valence-corrected chi connectivity index (χ4v) is 2.20. The molecular weight excluding hydrogens is 284 g/mol. The summed E-state index contributed by atoms with van der Waals surface area (Å²) in [6.07, 6.45) is 2.30. The van der Waals surface area contributed by atoms with Crippen molar-refractivity contribution in [2.45, 2.75) is 13.3 Å². The Balaban J connectivity index is 2.05. The summed E-state index contributed by atoms with van der Waals surface area (Å²) in [4.78, 5) is 6.61. The molecular formula is C19H18N4. The SMILES string of the molecule is CCN(CCC#N)c1ccc(N=Cc2ccc(C#N)cc2)cc1. The van der Waals surface area contributed by atoms with Crippen LogP contribution in [0.1, 0.15) is 24.5 Å². The Hall–Kier alpha value is -3.11. The molecule has 0 spiro atoms. The van der Waals surface area contributed by atoms with Gasteiger partial charge in [0.05, 0.1) is 29.8 Å². The molecule has 0 saturated heterocycles. The van der Waals surface area contributed by atoms with Gasteiger partial charge in [0.1, 0.15) is 0 Å². The van der Waals surface area contributed by atoms with E-state index in [0.717, 1.165) is 30.0 Å². The van der Waals surface area contributed by atoms with Gasteiger partial charge in [-0.25, -0.2) is 0 Å². The van der Waals surface area contributed by atoms with Crippen molar-refractivity contribution >= 4 is 17.6 Å². The third-order valence-electron chi connectivity index (χ3n) is 3.49. The second-order valence-electron chi connectivity index (χ2n) is 5.00. The highest BCUT2D eigenvalue weighted by Crippen LogP contribution is 2.20. The first-order chi connectivity index (χ1) is 11.3. The number of anilines is 1. The summed E-state index contributed by atoms with van der Waals surface area (Å²) in [6, 6.07) is 19.5. The van der Waals surface area contributed by atoms with E-state index in [9.17, 15) is 0 Å². The normalized spacial score (nSPS) is 10.2. The number of benzene rings is 2. The fraction of sp³-hybridized carbons (Fsp3) is 0.211. The van der Waals surface area contributed by atoms with E-state index in [4.69, 9.17) is 10.5 Å². The summed E-state index contributed by atoms with van der Waals surface area (Å²) in [7, 11) is 0. The third-order valence-corrected chi connectivity index (χ3v) is 3.49. The Bertz CT molecular complexity index is 731. The molecule has 2 rings (SSSR count). The first kappa shape index (κ1) is 16.3. The van der Waals surface area contributed by atoms with E-state index in [2.05, 4.69) is 29.0 Å². The second-order valence-corrected chi connectivity index (χ2v) is 5.00. The number of hydrogen-bond donors (Lipinski definition) is 0. The first-order valence-electron chi connectivity index (χ1n) is 7.53. The van der Waals surface area contributed by atoms with Crippen molar-refractivity contribution in [1.29, 1.82) is 10.5 Å². The minimum absolute atomic E-state index is 0.520. The van der Waals surface area contributed by atoms with Crippen LogP contribution in [0.2, 0.25) is 0 Å². The lowest BCUT2D eigenvalue weighted by Crippen LogP contribution is -2.23. The van der Waals surface area contributed by atoms with Crippen LogP contribution in [-0.4, -0.2) is 19.3 Å². The van der Waals surface area contributed by atoms with Gasteiger partial charge in [0.25, 0.3) is 0 Å². The second kappa shape index (κ2) is 8.36. The molecule has 0 unspecified atom stereocenters. The van der Waals surface area contributed by atoms with Crippen molar-refractivity contribution in [3.05, 3.63) is 59.7 Å². The van der Waals surface area contributed by atoms with E-state index in [1.807, 2.05) is 36.4 Å². The average molecular weight is 302 g/mol. The van der Waals surface area contributed by atoms with Crippen molar-refractivity contribution in [1.82, 2.24) is 0 Å². The first-order valence-corrected chi connectivity index (χ1v) is 7.53. The highest BCUT2D eigenvalue weighted by molar-refractivity contribution is 5.82. The van der Waals surface area contributed by atoms with Gasteiger partial charge >= 0.3 is 0 Å². The van der Waals surface area contributed by atoms with Gasteiger partial charge in [-0.05, 0) is 48.9 Å². The molecule has 0 N–H and O–H groups in total. The van der Waals surface area contributed by atoms with E-state index in [0.29, 0.717) is 12.0 Å². The van der Waals surface area contributed by atoms with Gasteiger partial charge in [0.2, 0.25) is 0 Å². The summed E-state index contributed by atoms with van der Waals surface area (Å²) in [6.45, 7) is 3.69. The van der Waals surface area contributed by atoms with E-state index in [1.54, 1.807) is 18.3 Å². The molecule has 2 aromatic rings. The van der Waals surface area contributed by atoms with Gasteiger partial charge in [0, 0.05) is 25.0 Å². The lowest BCUT2D eigenvalue weighted by atomic mass is 10.2. The standard InChI is InChI=1S/C19H18N4/c1-2-23(13-3-12-20)19-10-8-18(9-11-19)22-15-17-6-4-16(14-21)5-7-17/h4-11,15H,2-3,13H2,1H3. The lowest BCUT2D eigenvalue weighted by molar-refractivity contribution is 0.827. The van der Waals surface area contributed by atoms with Gasteiger partial charge in [-0.15, -0.1) is 0 Å². The summed E-state index contributed by atoms with van der Waals surface area (Å²) in [5, 5.41) is 17.5. The number of aliphatic imine (C=N–C) groups is 1. The molecule has 0 aliphatic carbocycles. The van der Waals surface area contributed by atoms with Gasteiger partial charge < -0.3 is 4.90 Å². The molecule has 0 radical (unpaired) electrons. The quantitative estimate of drug-likeness (QED) is 0.756. The summed E-state index contributed by atoms with van der Waals surface area (Å²) in [5.74, 6) is 0. The third kappa shape index (κ3) is 4.69. The van der Waals surface area contributed by atoms with E-state index in [-0.39, 0.29) is 0 Å². The van der Waals surface area contributed by atoms with Crippen LogP contribution in [0, 0.1) is 22.7 Å². The number of nitrogens with zero attached hydrogens (tertiary/aromatic N) is 4. The Morgan fingerprint density at radius 3 is 2.30 bits per heavy atom. The van der Waals surface area contributed by atoms with Crippen LogP contribution in [0.4, 0.5) is 11.4 Å². The molecule has 4 heteroatoms. The smallest absolute Gasteiger partial charge is 0.0991 e. The number of hydrogen-bond acceptors (Lipinski definition) is 4. The van der Waals surface area contributed by atoms with Crippen LogP contribution in [0.25, 0.3) is 0 Å². The molecule has 0 saturated carbocycles. The molecule has 0 heterocycles. The van der Waals surface area contributed by atoms with Gasteiger partial charge in [0.15, 0.2) is 0 Å². The molecule has 23 heavy (non-hydrogen) atoms. The van der Waals surface area contributed by atoms with E-state index < -0.39 is 0 Å². The predicted octanol–water partition coefficient (Wildman–Crippen LogP) is 4.05. The van der Waals surface area contributed by atoms with E-state index in [1.165, 1.54) is 0 Å². The maximum atomic E-state index is 8.78. The molecule has 0 aliphatic rings. The molecule has 0 amide bonds. The molecule has 114 valence electrons. The number of rotatable bonds is 6. The summed E-state index contributed by atoms with van der Waals surface area (Å²) < 4.78 is 0. The Morgan fingerprint density at radius 2 is 1.74 bits per heavy atom. The van der Waals surface area contributed by atoms with Crippen molar-refractivity contribution < 1.29 is 0 Å². The lowest BCUT2D eigenvalue weighted by Gasteiger charge is -2.21. The van der Waals surface area contributed by atoms with Crippen LogP contribution < -0.4 is 4.90 Å². The van der Waals surface area contributed by atoms with Crippen LogP contribution >= 0.6 is 0 Å². The highest BCUT2D eigenvalue weighted by atomic mass is 15.1. The average Bonchev–Trinajstić information content (AvgIpc) is 2.62. The molecule has 0 bridgehead atoms. The zero-order chi connectivity index (χ0) is 16.5. The van der Waals surface area contributed by atoms with E-state index >= 15 is 0 Å². The van der Waals surface area contributed by atoms with Crippen LogP contribution in [-0.2, 0) is 0 Å². The Labute approximate surface area is 136 Å². The topological polar surface area (TPSA) is 63.2 Å². The minimum Gasteiger partial charge on any atom is -0.371 e. The van der Waals surface area contributed by atoms with Crippen LogP contribution in [0.15, 0.2) is 53.5 Å². The van der Waals surface area contributed by atoms with Crippen molar-refractivity contribution in [3.63, 3.8) is 0 Å². The Morgan fingerprint density at radius 1 is 1.04 bits per heavy atom. The van der Waals surface area contributed by atoms with Gasteiger partial charge in [-0.3, -0.25) is 4.99 Å². The molecule has 0 atom stereocenters. The van der Waals surface area contributed by atoms with Crippen molar-refractivity contribution in [2.24, 2.45) is 4.99 Å². The minimum atomic E-state index is 0.520. The Kier molecular flexibility index (Phi) is 5.91. The molecule has 2 aromatic carbocycles. The van der Waals surface area contributed by atoms with Crippen LogP contribution in [0.5, 0.6) is 0 Å². The van der Waals surface area contributed by atoms with Crippen molar-refractivity contribution in [2.75, 3.05) is 18.0 Å². The summed E-state index contributed by atoms with van der Waals surface area (Å²) in [5.41, 5.74) is 3.57. The van der Waals surface area contributed by atoms with Crippen LogP contribution in [0.3, 0.4) is 0 Å². The molecule has 4 nitrogen and oxygen atoms in total. The summed E-state index contributed by atoms with van der Waals surface area (Å²) >= 11 is 0. The maximum absolute atomic E-state index is 8.78. The van der Waals surface area contributed by atoms with Gasteiger partial charge in [-0.1, -0.05) is 12.1 Å². The zero-order valence-electron chi connectivity index (χ0n) is 13.1. The zero-order valence-corrected chi connectivity index (χ0v) is 13.1. The fourth-order valence-electron chi connectivity index (χ4n) is 2.20. The molecule has 0 aromatic heterocycles. The molecule has 0 fully saturated rings. The monoisotopic (exact) mass is 302 g/mol. The highest BCUT2D eigenvalue weighted by Gasteiger charge is 2.03. The van der Waals surface area contributed by atoms with Gasteiger partial charge in [-0.2, -0.15) is 10.5 Å². The van der Waals surface area contributed by atoms with Crippen molar-refractivity contribution in [3.8, 4) is 12.1 Å². The maximum Gasteiger partial charge on any atom is 0.0991 e. The predicted molar refractivity (Wildman–Crippen MR) is 93.0 cm³/mol. The number of nitriles is 2.